The summed E-state index contributed by atoms with van der Waals surface area (Å²) in [5, 5.41) is 8.28. The maximum atomic E-state index is 13.5. The number of likely N-dealkylation sites (tertiary alicyclic amines) is 1. The summed E-state index contributed by atoms with van der Waals surface area (Å²) in [6.45, 7) is 4.82. The molecule has 0 radical (unpaired) electrons. The van der Waals surface area contributed by atoms with Gasteiger partial charge in [0.25, 0.3) is 0 Å². The second kappa shape index (κ2) is 11.0. The molecule has 1 aromatic carbocycles. The van der Waals surface area contributed by atoms with Crippen LogP contribution in [0.4, 0.5) is 0 Å². The predicted octanol–water partition coefficient (Wildman–Crippen LogP) is 3.07. The van der Waals surface area contributed by atoms with E-state index in [0.29, 0.717) is 11.9 Å². The maximum Gasteiger partial charge on any atom is 0.239 e. The minimum atomic E-state index is 0. The van der Waals surface area contributed by atoms with Gasteiger partial charge in [0.05, 0.1) is 17.4 Å². The second-order valence-electron chi connectivity index (χ2n) is 8.97. The third-order valence-electron chi connectivity index (χ3n) is 7.19. The van der Waals surface area contributed by atoms with E-state index in [1.807, 2.05) is 11.7 Å². The number of nitrogens with zero attached hydrogens (tertiary/aromatic N) is 4. The van der Waals surface area contributed by atoms with Crippen molar-refractivity contribution < 1.29 is 4.79 Å². The summed E-state index contributed by atoms with van der Waals surface area (Å²) >= 11 is 0. The Morgan fingerprint density at radius 1 is 1.00 bits per heavy atom. The molecule has 1 atom stereocenters. The standard InChI is InChI=1S/C24H33N5O.2ClH/c1-27-23(18-6-3-2-4-7-18)20-11-16-28(17-12-21(20)26-27)24(30)22-8-5-15-29(22)19-9-13-25-14-10-19;;/h2-4,6-7,19,22,25H,5,8-17H2,1H3;2*1H/t22-;;/m0../s1. The zero-order valence-electron chi connectivity index (χ0n) is 18.8. The van der Waals surface area contributed by atoms with Crippen molar-refractivity contribution in [1.82, 2.24) is 24.9 Å². The molecular weight excluding hydrogens is 445 g/mol. The number of hydrogen-bond donors (Lipinski definition) is 1. The molecule has 6 nitrogen and oxygen atoms in total. The normalized spacial score (nSPS) is 21.9. The molecule has 1 amide bonds. The summed E-state index contributed by atoms with van der Waals surface area (Å²) in [6, 6.07) is 11.2. The van der Waals surface area contributed by atoms with Crippen molar-refractivity contribution in [2.45, 2.75) is 50.6 Å². The molecule has 2 saturated heterocycles. The zero-order valence-corrected chi connectivity index (χ0v) is 20.5. The largest absolute Gasteiger partial charge is 0.341 e. The van der Waals surface area contributed by atoms with Crippen molar-refractivity contribution in [1.29, 1.82) is 0 Å². The lowest BCUT2D eigenvalue weighted by atomic mass is 10.0. The van der Waals surface area contributed by atoms with Gasteiger partial charge in [0.2, 0.25) is 5.91 Å². The van der Waals surface area contributed by atoms with Gasteiger partial charge in [-0.2, -0.15) is 5.10 Å². The molecule has 0 unspecified atom stereocenters. The Kier molecular flexibility index (Phi) is 8.62. The van der Waals surface area contributed by atoms with Crippen LogP contribution < -0.4 is 5.32 Å². The average molecular weight is 480 g/mol. The van der Waals surface area contributed by atoms with Crippen molar-refractivity contribution in [3.63, 3.8) is 0 Å². The van der Waals surface area contributed by atoms with Crippen LogP contribution >= 0.6 is 24.8 Å². The number of rotatable bonds is 3. The van der Waals surface area contributed by atoms with Crippen LogP contribution in [0.2, 0.25) is 0 Å². The van der Waals surface area contributed by atoms with Crippen molar-refractivity contribution in [3.8, 4) is 11.3 Å². The second-order valence-corrected chi connectivity index (χ2v) is 8.97. The molecule has 1 N–H and O–H groups in total. The summed E-state index contributed by atoms with van der Waals surface area (Å²) in [6.07, 6.45) is 6.23. The van der Waals surface area contributed by atoms with Crippen molar-refractivity contribution in [2.24, 2.45) is 7.05 Å². The third-order valence-corrected chi connectivity index (χ3v) is 7.19. The van der Waals surface area contributed by atoms with Gasteiger partial charge in [-0.15, -0.1) is 24.8 Å². The smallest absolute Gasteiger partial charge is 0.239 e. The lowest BCUT2D eigenvalue weighted by Gasteiger charge is -2.37. The molecule has 1 aromatic heterocycles. The van der Waals surface area contributed by atoms with E-state index in [0.717, 1.165) is 64.1 Å². The Labute approximate surface area is 203 Å². The van der Waals surface area contributed by atoms with E-state index in [-0.39, 0.29) is 30.9 Å². The lowest BCUT2D eigenvalue weighted by Crippen LogP contribution is -2.52. The minimum Gasteiger partial charge on any atom is -0.341 e. The number of benzene rings is 1. The van der Waals surface area contributed by atoms with Crippen LogP contribution in [-0.2, 0) is 24.7 Å². The fourth-order valence-electron chi connectivity index (χ4n) is 5.70. The topological polar surface area (TPSA) is 53.4 Å². The first kappa shape index (κ1) is 25.0. The van der Waals surface area contributed by atoms with E-state index in [9.17, 15) is 4.79 Å². The summed E-state index contributed by atoms with van der Waals surface area (Å²) in [5.74, 6) is 0.349. The summed E-state index contributed by atoms with van der Waals surface area (Å²) in [4.78, 5) is 18.2. The van der Waals surface area contributed by atoms with Gasteiger partial charge in [-0.25, -0.2) is 0 Å². The molecule has 3 aliphatic heterocycles. The van der Waals surface area contributed by atoms with E-state index in [2.05, 4.69) is 45.4 Å². The highest BCUT2D eigenvalue weighted by Gasteiger charge is 2.38. The molecule has 0 aliphatic carbocycles. The van der Waals surface area contributed by atoms with Crippen LogP contribution in [0.1, 0.15) is 36.9 Å². The van der Waals surface area contributed by atoms with Gasteiger partial charge in [-0.1, -0.05) is 30.3 Å². The van der Waals surface area contributed by atoms with Crippen LogP contribution in [0.25, 0.3) is 11.3 Å². The van der Waals surface area contributed by atoms with E-state index in [1.165, 1.54) is 29.7 Å². The summed E-state index contributed by atoms with van der Waals surface area (Å²) in [7, 11) is 2.04. The number of fused-ring (bicyclic) bond motifs is 1. The van der Waals surface area contributed by atoms with Crippen LogP contribution in [0.3, 0.4) is 0 Å². The fraction of sp³-hybridized carbons (Fsp3) is 0.583. The lowest BCUT2D eigenvalue weighted by molar-refractivity contribution is -0.136. The quantitative estimate of drug-likeness (QED) is 0.734. The first-order valence-electron chi connectivity index (χ1n) is 11.6. The summed E-state index contributed by atoms with van der Waals surface area (Å²) < 4.78 is 2.02. The highest BCUT2D eigenvalue weighted by Crippen LogP contribution is 2.30. The maximum absolute atomic E-state index is 13.5. The van der Waals surface area contributed by atoms with Crippen LogP contribution in [0, 0.1) is 0 Å². The molecule has 3 aliphatic rings. The molecular formula is C24H35Cl2N5O. The van der Waals surface area contributed by atoms with Crippen molar-refractivity contribution >= 4 is 30.7 Å². The molecule has 0 bridgehead atoms. The fourth-order valence-corrected chi connectivity index (χ4v) is 5.70. The minimum absolute atomic E-state index is 0. The highest BCUT2D eigenvalue weighted by atomic mass is 35.5. The van der Waals surface area contributed by atoms with Crippen LogP contribution in [0.15, 0.2) is 30.3 Å². The Morgan fingerprint density at radius 3 is 2.47 bits per heavy atom. The van der Waals surface area contributed by atoms with Crippen molar-refractivity contribution in [2.75, 3.05) is 32.7 Å². The third kappa shape index (κ3) is 4.84. The van der Waals surface area contributed by atoms with Crippen LogP contribution in [0.5, 0.6) is 0 Å². The Hall–Kier alpha value is -1.60. The van der Waals surface area contributed by atoms with Gasteiger partial charge in [-0.3, -0.25) is 14.4 Å². The van der Waals surface area contributed by atoms with Gasteiger partial charge < -0.3 is 10.2 Å². The monoisotopic (exact) mass is 479 g/mol. The Morgan fingerprint density at radius 2 is 1.72 bits per heavy atom. The van der Waals surface area contributed by atoms with Gasteiger partial charge in [0, 0.05) is 43.7 Å². The van der Waals surface area contributed by atoms with Gasteiger partial charge in [-0.05, 0) is 51.7 Å². The molecule has 32 heavy (non-hydrogen) atoms. The number of carbonyl (C=O) groups is 1. The van der Waals surface area contributed by atoms with E-state index >= 15 is 0 Å². The van der Waals surface area contributed by atoms with Crippen molar-refractivity contribution in [3.05, 3.63) is 41.6 Å². The Balaban J connectivity index is 0.00000144. The first-order valence-corrected chi connectivity index (χ1v) is 11.6. The Bertz CT molecular complexity index is 897. The first-order chi connectivity index (χ1) is 14.7. The van der Waals surface area contributed by atoms with E-state index < -0.39 is 0 Å². The average Bonchev–Trinajstić information content (AvgIpc) is 3.34. The molecule has 0 spiro atoms. The van der Waals surface area contributed by atoms with Gasteiger partial charge in [0.15, 0.2) is 0 Å². The van der Waals surface area contributed by atoms with E-state index in [4.69, 9.17) is 5.10 Å². The number of piperidine rings is 1. The zero-order chi connectivity index (χ0) is 20.5. The SMILES string of the molecule is Cl.Cl.Cn1nc2c(c1-c1ccccc1)CCN(C(=O)[C@@H]1CCCN1C1CCNCC1)CC2. The number of carbonyl (C=O) groups excluding carboxylic acids is 1. The van der Waals surface area contributed by atoms with Gasteiger partial charge >= 0.3 is 0 Å². The number of hydrogen-bond acceptors (Lipinski definition) is 4. The van der Waals surface area contributed by atoms with Gasteiger partial charge in [0.1, 0.15) is 0 Å². The molecule has 2 aromatic rings. The molecule has 0 saturated carbocycles. The highest BCUT2D eigenvalue weighted by molar-refractivity contribution is 5.85. The number of amides is 1. The molecule has 8 heteroatoms. The number of halogens is 2. The van der Waals surface area contributed by atoms with Crippen LogP contribution in [-0.4, -0.2) is 70.3 Å². The predicted molar refractivity (Wildman–Crippen MR) is 133 cm³/mol. The number of nitrogens with one attached hydrogen (secondary N) is 1. The summed E-state index contributed by atoms with van der Waals surface area (Å²) in [5.41, 5.74) is 4.90. The molecule has 5 rings (SSSR count). The number of aromatic nitrogens is 2. The molecule has 176 valence electrons. The van der Waals surface area contributed by atoms with E-state index in [1.54, 1.807) is 0 Å². The molecule has 4 heterocycles. The molecule has 2 fully saturated rings. The number of aryl methyl sites for hydroxylation is 1.